The SMILES string of the molecule is CCCCCNc1nc(N)nc2ccn(Cc3ccc(CN4CCN(C(=O)CCOCCOCCN5C=C(CN6C(=O)C=CC6=O)NN5)CC4)cc3OC)c12. The predicted octanol–water partition coefficient (Wildman–Crippen LogP) is 1.83. The fourth-order valence-electron chi connectivity index (χ4n) is 6.73. The molecule has 1 fully saturated rings. The number of nitrogens with one attached hydrogen (secondary N) is 3. The molecule has 0 bridgehead atoms. The van der Waals surface area contributed by atoms with Gasteiger partial charge >= 0.3 is 0 Å². The van der Waals surface area contributed by atoms with Crippen molar-refractivity contribution in [2.45, 2.75) is 45.7 Å². The van der Waals surface area contributed by atoms with Gasteiger partial charge in [-0.1, -0.05) is 31.9 Å². The molecule has 17 nitrogen and oxygen atoms in total. The molecule has 3 aliphatic rings. The summed E-state index contributed by atoms with van der Waals surface area (Å²) in [6, 6.07) is 8.34. The summed E-state index contributed by atoms with van der Waals surface area (Å²) in [6.45, 7) is 9.63. The van der Waals surface area contributed by atoms with Crippen LogP contribution < -0.4 is 26.7 Å². The molecule has 296 valence electrons. The number of methoxy groups -OCH3 is 1. The van der Waals surface area contributed by atoms with Gasteiger partial charge < -0.3 is 40.2 Å². The van der Waals surface area contributed by atoms with E-state index in [9.17, 15) is 14.4 Å². The van der Waals surface area contributed by atoms with Crippen LogP contribution in [0.4, 0.5) is 11.8 Å². The van der Waals surface area contributed by atoms with Gasteiger partial charge in [0, 0.05) is 69.4 Å². The number of piperazine rings is 1. The van der Waals surface area contributed by atoms with Gasteiger partial charge in [-0.2, -0.15) is 4.98 Å². The summed E-state index contributed by atoms with van der Waals surface area (Å²) < 4.78 is 19.3. The van der Waals surface area contributed by atoms with Crippen LogP contribution in [0.25, 0.3) is 11.0 Å². The first-order valence-corrected chi connectivity index (χ1v) is 19.0. The molecule has 0 aliphatic carbocycles. The average molecular weight is 760 g/mol. The number of imide groups is 1. The molecule has 0 atom stereocenters. The maximum Gasteiger partial charge on any atom is 0.253 e. The van der Waals surface area contributed by atoms with Crippen molar-refractivity contribution >= 4 is 40.5 Å². The van der Waals surface area contributed by atoms with E-state index in [0.717, 1.165) is 84.1 Å². The van der Waals surface area contributed by atoms with Crippen molar-refractivity contribution in [2.75, 3.05) is 90.4 Å². The number of rotatable bonds is 21. The number of nitrogen functional groups attached to an aromatic ring is 1. The van der Waals surface area contributed by atoms with E-state index in [1.165, 1.54) is 12.2 Å². The predicted molar refractivity (Wildman–Crippen MR) is 207 cm³/mol. The number of nitrogens with two attached hydrogens (primary N) is 1. The highest BCUT2D eigenvalue weighted by atomic mass is 16.5. The molecule has 1 saturated heterocycles. The summed E-state index contributed by atoms with van der Waals surface area (Å²) in [5, 5.41) is 5.24. The molecule has 0 radical (unpaired) electrons. The second-order valence-electron chi connectivity index (χ2n) is 13.7. The van der Waals surface area contributed by atoms with Crippen LogP contribution in [-0.4, -0.2) is 131 Å². The fraction of sp³-hybridized carbons (Fsp3) is 0.500. The Bertz CT molecular complexity index is 1840. The number of aromatic nitrogens is 3. The van der Waals surface area contributed by atoms with Gasteiger partial charge in [0.25, 0.3) is 11.8 Å². The zero-order valence-corrected chi connectivity index (χ0v) is 31.8. The van der Waals surface area contributed by atoms with Crippen LogP contribution in [-0.2, 0) is 36.9 Å². The summed E-state index contributed by atoms with van der Waals surface area (Å²) in [6.07, 6.45) is 10.0. The number of fused-ring (bicyclic) bond motifs is 1. The second kappa shape index (κ2) is 19.4. The molecule has 5 N–H and O–H groups in total. The van der Waals surface area contributed by atoms with Gasteiger partial charge in [-0.3, -0.25) is 29.2 Å². The molecule has 3 amide bonds. The van der Waals surface area contributed by atoms with E-state index in [4.69, 9.17) is 19.9 Å². The topological polar surface area (TPSA) is 185 Å². The quantitative estimate of drug-likeness (QED) is 0.0911. The largest absolute Gasteiger partial charge is 0.496 e. The Labute approximate surface area is 321 Å². The molecule has 0 unspecified atom stereocenters. The van der Waals surface area contributed by atoms with Crippen molar-refractivity contribution in [1.82, 2.24) is 45.2 Å². The Morgan fingerprint density at radius 1 is 0.945 bits per heavy atom. The van der Waals surface area contributed by atoms with Crippen molar-refractivity contribution in [3.8, 4) is 5.75 Å². The number of benzene rings is 1. The molecular weight excluding hydrogens is 706 g/mol. The summed E-state index contributed by atoms with van der Waals surface area (Å²) in [4.78, 5) is 50.7. The minimum Gasteiger partial charge on any atom is -0.496 e. The number of amides is 3. The number of nitrogens with zero attached hydrogens (tertiary/aromatic N) is 7. The van der Waals surface area contributed by atoms with Crippen molar-refractivity contribution in [2.24, 2.45) is 0 Å². The Morgan fingerprint density at radius 2 is 1.73 bits per heavy atom. The highest BCUT2D eigenvalue weighted by molar-refractivity contribution is 6.13. The highest BCUT2D eigenvalue weighted by Crippen LogP contribution is 2.28. The lowest BCUT2D eigenvalue weighted by Crippen LogP contribution is -2.48. The standard InChI is InChI=1S/C38H53N11O6/c1-3-4-5-12-40-37-36-31(41-38(39)42-37)10-13-47(36)25-29-7-6-28(23-32(29)53-2)24-45-14-16-46(17-15-45)33(50)11-19-54-21-22-55-20-18-48-26-30(43-44-48)27-49-34(51)8-9-35(49)52/h6-10,13,23,26,43-44H,3-5,11-12,14-22,24-25,27H2,1-2H3,(H3,39,40,41,42). The Kier molecular flexibility index (Phi) is 13.9. The Hall–Kier alpha value is -5.23. The number of ether oxygens (including phenoxy) is 3. The van der Waals surface area contributed by atoms with E-state index in [2.05, 4.69) is 60.8 Å². The zero-order valence-electron chi connectivity index (χ0n) is 31.8. The van der Waals surface area contributed by atoms with Gasteiger partial charge in [-0.15, -0.1) is 5.53 Å². The molecule has 2 aromatic heterocycles. The Balaban J connectivity index is 0.865. The van der Waals surface area contributed by atoms with Gasteiger partial charge in [-0.25, -0.2) is 4.98 Å². The smallest absolute Gasteiger partial charge is 0.253 e. The second-order valence-corrected chi connectivity index (χ2v) is 13.7. The Morgan fingerprint density at radius 3 is 2.49 bits per heavy atom. The van der Waals surface area contributed by atoms with Crippen molar-refractivity contribution < 1.29 is 28.6 Å². The molecule has 0 spiro atoms. The van der Waals surface area contributed by atoms with E-state index >= 15 is 0 Å². The summed E-state index contributed by atoms with van der Waals surface area (Å²) in [7, 11) is 1.70. The number of hydrogen-bond donors (Lipinski definition) is 4. The summed E-state index contributed by atoms with van der Waals surface area (Å²) >= 11 is 0. The van der Waals surface area contributed by atoms with Crippen molar-refractivity contribution in [1.29, 1.82) is 0 Å². The van der Waals surface area contributed by atoms with Crippen LogP contribution in [0.1, 0.15) is 43.7 Å². The first-order valence-electron chi connectivity index (χ1n) is 19.0. The van der Waals surface area contributed by atoms with Crippen LogP contribution in [0.3, 0.4) is 0 Å². The first-order chi connectivity index (χ1) is 26.8. The lowest BCUT2D eigenvalue weighted by Gasteiger charge is -2.35. The normalized spacial score (nSPS) is 16.0. The molecule has 5 heterocycles. The third kappa shape index (κ3) is 10.7. The van der Waals surface area contributed by atoms with Gasteiger partial charge in [0.2, 0.25) is 11.9 Å². The molecule has 3 aromatic rings. The summed E-state index contributed by atoms with van der Waals surface area (Å²) in [5.41, 5.74) is 16.6. The van der Waals surface area contributed by atoms with E-state index in [1.807, 2.05) is 17.2 Å². The third-order valence-corrected chi connectivity index (χ3v) is 9.73. The molecule has 17 heteroatoms. The molecule has 6 rings (SSSR count). The third-order valence-electron chi connectivity index (χ3n) is 9.73. The molecular formula is C38H53N11O6. The summed E-state index contributed by atoms with van der Waals surface area (Å²) in [5.74, 6) is 1.28. The van der Waals surface area contributed by atoms with E-state index in [0.29, 0.717) is 64.7 Å². The minimum absolute atomic E-state index is 0.0971. The lowest BCUT2D eigenvalue weighted by atomic mass is 10.1. The van der Waals surface area contributed by atoms with Crippen molar-refractivity contribution in [3.63, 3.8) is 0 Å². The molecule has 3 aliphatic heterocycles. The van der Waals surface area contributed by atoms with Crippen LogP contribution in [0.5, 0.6) is 5.75 Å². The van der Waals surface area contributed by atoms with Gasteiger partial charge in [-0.05, 0) is 24.1 Å². The van der Waals surface area contributed by atoms with Crippen LogP contribution >= 0.6 is 0 Å². The monoisotopic (exact) mass is 759 g/mol. The molecule has 55 heavy (non-hydrogen) atoms. The number of carbonyl (C=O) groups excluding carboxylic acids is 3. The zero-order chi connectivity index (χ0) is 38.6. The van der Waals surface area contributed by atoms with Gasteiger partial charge in [0.15, 0.2) is 5.82 Å². The fourth-order valence-corrected chi connectivity index (χ4v) is 6.73. The van der Waals surface area contributed by atoms with Crippen LogP contribution in [0.2, 0.25) is 0 Å². The van der Waals surface area contributed by atoms with Crippen LogP contribution in [0.15, 0.2) is 54.5 Å². The number of unbranched alkanes of at least 4 members (excludes halogenated alkanes) is 2. The molecule has 1 aromatic carbocycles. The highest BCUT2D eigenvalue weighted by Gasteiger charge is 2.26. The first kappa shape index (κ1) is 39.5. The van der Waals surface area contributed by atoms with Gasteiger partial charge in [0.1, 0.15) is 11.3 Å². The van der Waals surface area contributed by atoms with E-state index in [1.54, 1.807) is 18.3 Å². The number of hydrogen-bond acceptors (Lipinski definition) is 14. The van der Waals surface area contributed by atoms with E-state index < -0.39 is 0 Å². The minimum atomic E-state index is -0.322. The van der Waals surface area contributed by atoms with Crippen molar-refractivity contribution in [3.05, 3.63) is 65.6 Å². The average Bonchev–Trinajstić information content (AvgIpc) is 3.90. The number of anilines is 2. The molecule has 0 saturated carbocycles. The maximum atomic E-state index is 12.9. The van der Waals surface area contributed by atoms with Crippen LogP contribution in [0, 0.1) is 0 Å². The lowest BCUT2D eigenvalue weighted by molar-refractivity contribution is -0.136. The number of carbonyl (C=O) groups is 3. The maximum absolute atomic E-state index is 12.9. The number of hydrazine groups is 2. The van der Waals surface area contributed by atoms with Gasteiger partial charge in [0.05, 0.1) is 70.8 Å². The van der Waals surface area contributed by atoms with E-state index in [-0.39, 0.29) is 30.2 Å².